The van der Waals surface area contributed by atoms with Crippen molar-refractivity contribution in [3.05, 3.63) is 106 Å². The summed E-state index contributed by atoms with van der Waals surface area (Å²) >= 11 is 6.47. The highest BCUT2D eigenvalue weighted by Crippen LogP contribution is 2.26. The predicted molar refractivity (Wildman–Crippen MR) is 167 cm³/mol. The van der Waals surface area contributed by atoms with Gasteiger partial charge in [-0.15, -0.1) is 5.10 Å². The maximum absolute atomic E-state index is 13.9. The lowest BCUT2D eigenvalue weighted by Gasteiger charge is -2.22. The van der Waals surface area contributed by atoms with Crippen LogP contribution in [0.15, 0.2) is 67.0 Å². The van der Waals surface area contributed by atoms with Gasteiger partial charge in [-0.25, -0.2) is 14.3 Å². The molecule has 0 aliphatic carbocycles. The summed E-state index contributed by atoms with van der Waals surface area (Å²) in [7, 11) is 0. The number of carbonyl (C=O) groups is 2. The van der Waals surface area contributed by atoms with Crippen LogP contribution in [0.4, 0.5) is 5.69 Å². The summed E-state index contributed by atoms with van der Waals surface area (Å²) in [6.07, 6.45) is 3.36. The molecule has 0 spiro atoms. The summed E-state index contributed by atoms with van der Waals surface area (Å²) in [6.45, 7) is 9.49. The van der Waals surface area contributed by atoms with Crippen molar-refractivity contribution in [3.63, 3.8) is 0 Å². The molecule has 0 saturated heterocycles. The fraction of sp³-hybridized carbons (Fsp3) is 0.219. The van der Waals surface area contributed by atoms with E-state index in [9.17, 15) is 14.9 Å². The average molecular weight is 608 g/mol. The number of rotatable bonds is 7. The standard InChI is InChI=1S/C32H30ClN9O2/c1-19-8-6-9-22(12-19)26-18-41(40-38-26)17-23-15-27(42(39-23)29-25(33)10-7-11-35-29)31(44)36-28-20(2)13-21(16-34)14-24(28)30(43)37-32(3,4)5/h6-15,18H,17H2,1-5H3,(H,36,44)(H,37,43). The monoisotopic (exact) mass is 607 g/mol. The van der Waals surface area contributed by atoms with Gasteiger partial charge in [0, 0.05) is 17.3 Å². The van der Waals surface area contributed by atoms with E-state index in [4.69, 9.17) is 11.6 Å². The number of aryl methyl sites for hydroxylation is 2. The fourth-order valence-corrected chi connectivity index (χ4v) is 4.83. The van der Waals surface area contributed by atoms with Gasteiger partial charge in [0.15, 0.2) is 5.82 Å². The van der Waals surface area contributed by atoms with Crippen LogP contribution in [-0.2, 0) is 6.54 Å². The molecule has 0 bridgehead atoms. The van der Waals surface area contributed by atoms with Crippen LogP contribution in [0, 0.1) is 25.2 Å². The van der Waals surface area contributed by atoms with Crippen LogP contribution in [0.2, 0.25) is 5.02 Å². The Kier molecular flexibility index (Phi) is 8.29. The zero-order valence-electron chi connectivity index (χ0n) is 24.9. The normalized spacial score (nSPS) is 11.2. The number of amides is 2. The van der Waals surface area contributed by atoms with Gasteiger partial charge in [-0.1, -0.05) is 40.6 Å². The highest BCUT2D eigenvalue weighted by atomic mass is 35.5. The largest absolute Gasteiger partial charge is 0.347 e. The Labute approximate surface area is 259 Å². The third-order valence-corrected chi connectivity index (χ3v) is 6.84. The van der Waals surface area contributed by atoms with Gasteiger partial charge >= 0.3 is 0 Å². The summed E-state index contributed by atoms with van der Waals surface area (Å²) in [5, 5.41) is 28.8. The number of carbonyl (C=O) groups excluding carboxylic acids is 2. The number of anilines is 1. The first-order valence-corrected chi connectivity index (χ1v) is 14.2. The predicted octanol–water partition coefficient (Wildman–Crippen LogP) is 5.50. The number of nitrogens with one attached hydrogen (secondary N) is 2. The van der Waals surface area contributed by atoms with Crippen LogP contribution in [0.3, 0.4) is 0 Å². The zero-order valence-corrected chi connectivity index (χ0v) is 25.6. The van der Waals surface area contributed by atoms with E-state index in [-0.39, 0.29) is 29.3 Å². The lowest BCUT2D eigenvalue weighted by Crippen LogP contribution is -2.41. The van der Waals surface area contributed by atoms with Crippen LogP contribution in [0.1, 0.15) is 64.0 Å². The second kappa shape index (κ2) is 12.1. The van der Waals surface area contributed by atoms with Crippen LogP contribution in [-0.4, -0.2) is 47.1 Å². The first-order valence-electron chi connectivity index (χ1n) is 13.8. The first-order chi connectivity index (χ1) is 20.9. The van der Waals surface area contributed by atoms with E-state index in [1.165, 1.54) is 10.7 Å². The molecule has 3 heterocycles. The lowest BCUT2D eigenvalue weighted by molar-refractivity contribution is 0.0920. The van der Waals surface area contributed by atoms with Gasteiger partial charge in [0.1, 0.15) is 11.4 Å². The molecule has 0 radical (unpaired) electrons. The number of nitrogens with zero attached hydrogens (tertiary/aromatic N) is 7. The Bertz CT molecular complexity index is 1930. The van der Waals surface area contributed by atoms with Crippen molar-refractivity contribution in [2.45, 2.75) is 46.7 Å². The minimum Gasteiger partial charge on any atom is -0.347 e. The molecule has 2 amide bonds. The minimum absolute atomic E-state index is 0.130. The van der Waals surface area contributed by atoms with Crippen LogP contribution < -0.4 is 10.6 Å². The highest BCUT2D eigenvalue weighted by Gasteiger charge is 2.25. The number of hydrogen-bond donors (Lipinski definition) is 2. The van der Waals surface area contributed by atoms with Gasteiger partial charge in [0.2, 0.25) is 0 Å². The Morgan fingerprint density at radius 1 is 1.05 bits per heavy atom. The van der Waals surface area contributed by atoms with Crippen LogP contribution >= 0.6 is 11.6 Å². The van der Waals surface area contributed by atoms with Gasteiger partial charge < -0.3 is 10.6 Å². The van der Waals surface area contributed by atoms with E-state index in [0.29, 0.717) is 27.5 Å². The first kappa shape index (κ1) is 30.1. The number of halogens is 1. The molecule has 2 N–H and O–H groups in total. The van der Waals surface area contributed by atoms with E-state index in [2.05, 4.69) is 37.1 Å². The highest BCUT2D eigenvalue weighted by molar-refractivity contribution is 6.32. The van der Waals surface area contributed by atoms with Crippen molar-refractivity contribution in [2.75, 3.05) is 5.32 Å². The topological polar surface area (TPSA) is 143 Å². The molecule has 222 valence electrons. The van der Waals surface area contributed by atoms with Gasteiger partial charge in [0.05, 0.1) is 46.3 Å². The molecule has 2 aromatic carbocycles. The van der Waals surface area contributed by atoms with Crippen molar-refractivity contribution >= 4 is 29.1 Å². The Hall–Kier alpha value is -5.34. The van der Waals surface area contributed by atoms with Gasteiger partial charge in [0.25, 0.3) is 11.8 Å². The van der Waals surface area contributed by atoms with Crippen LogP contribution in [0.5, 0.6) is 0 Å². The van der Waals surface area contributed by atoms with Crippen molar-refractivity contribution in [1.29, 1.82) is 5.26 Å². The third-order valence-electron chi connectivity index (χ3n) is 6.55. The molecule has 3 aromatic heterocycles. The lowest BCUT2D eigenvalue weighted by atomic mass is 10.0. The van der Waals surface area contributed by atoms with Gasteiger partial charge in [-0.3, -0.25) is 9.59 Å². The summed E-state index contributed by atoms with van der Waals surface area (Å²) in [5.74, 6) is -0.723. The van der Waals surface area contributed by atoms with Crippen molar-refractivity contribution < 1.29 is 9.59 Å². The van der Waals surface area contributed by atoms with E-state index >= 15 is 0 Å². The zero-order chi connectivity index (χ0) is 31.6. The molecule has 5 aromatic rings. The van der Waals surface area contributed by atoms with E-state index < -0.39 is 17.4 Å². The molecular weight excluding hydrogens is 578 g/mol. The summed E-state index contributed by atoms with van der Waals surface area (Å²) in [5.41, 5.74) is 4.12. The van der Waals surface area contributed by atoms with Crippen molar-refractivity contribution in [3.8, 4) is 23.1 Å². The summed E-state index contributed by atoms with van der Waals surface area (Å²) in [4.78, 5) is 31.5. The Morgan fingerprint density at radius 3 is 2.55 bits per heavy atom. The molecule has 44 heavy (non-hydrogen) atoms. The summed E-state index contributed by atoms with van der Waals surface area (Å²) in [6, 6.07) is 18.0. The Morgan fingerprint density at radius 2 is 1.84 bits per heavy atom. The Balaban J connectivity index is 1.52. The van der Waals surface area contributed by atoms with Gasteiger partial charge in [-0.2, -0.15) is 10.4 Å². The molecule has 11 nitrogen and oxygen atoms in total. The molecule has 0 fully saturated rings. The SMILES string of the molecule is Cc1cccc(-c2cn(Cc3cc(C(=O)Nc4c(C)cc(C#N)cc4C(=O)NC(C)(C)C)n(-c4ncccc4Cl)n3)nn2)c1. The number of aromatic nitrogens is 6. The van der Waals surface area contributed by atoms with Crippen molar-refractivity contribution in [1.82, 2.24) is 35.1 Å². The molecule has 12 heteroatoms. The smallest absolute Gasteiger partial charge is 0.274 e. The molecule has 5 rings (SSSR count). The molecular formula is C32H30ClN9O2. The molecule has 0 saturated carbocycles. The van der Waals surface area contributed by atoms with E-state index in [0.717, 1.165) is 11.1 Å². The summed E-state index contributed by atoms with van der Waals surface area (Å²) < 4.78 is 2.99. The average Bonchev–Trinajstić information content (AvgIpc) is 3.61. The second-order valence-electron chi connectivity index (χ2n) is 11.4. The van der Waals surface area contributed by atoms with Gasteiger partial charge in [-0.05, 0) is 76.6 Å². The third kappa shape index (κ3) is 6.66. The number of nitriles is 1. The molecule has 0 unspecified atom stereocenters. The van der Waals surface area contributed by atoms with E-state index in [1.54, 1.807) is 42.1 Å². The molecule has 0 aliphatic heterocycles. The number of hydrogen-bond acceptors (Lipinski definition) is 7. The molecule has 0 atom stereocenters. The number of benzene rings is 2. The maximum atomic E-state index is 13.9. The van der Waals surface area contributed by atoms with Crippen molar-refractivity contribution in [2.24, 2.45) is 0 Å². The quantitative estimate of drug-likeness (QED) is 0.249. The van der Waals surface area contributed by atoms with E-state index in [1.807, 2.05) is 58.2 Å². The second-order valence-corrected chi connectivity index (χ2v) is 11.8. The minimum atomic E-state index is -0.554. The van der Waals surface area contributed by atoms with Crippen LogP contribution in [0.25, 0.3) is 17.1 Å². The molecule has 0 aliphatic rings. The number of pyridine rings is 1. The fourth-order valence-electron chi connectivity index (χ4n) is 4.62. The maximum Gasteiger partial charge on any atom is 0.274 e.